The second kappa shape index (κ2) is 6.57. The Morgan fingerprint density at radius 2 is 1.86 bits per heavy atom. The van der Waals surface area contributed by atoms with E-state index in [1.165, 1.54) is 26.3 Å². The average molecular weight is 314 g/mol. The van der Waals surface area contributed by atoms with Gasteiger partial charge in [0.05, 0.1) is 12.0 Å². The molecule has 0 heterocycles. The summed E-state index contributed by atoms with van der Waals surface area (Å²) >= 11 is 0. The number of nitrogens with one attached hydrogen (secondary N) is 1. The van der Waals surface area contributed by atoms with Crippen LogP contribution in [-0.4, -0.2) is 46.0 Å². The Morgan fingerprint density at radius 3 is 2.38 bits per heavy atom. The molecule has 8 heteroatoms. The number of rotatable bonds is 4. The minimum Gasteiger partial charge on any atom is -0.453 e. The lowest BCUT2D eigenvalue weighted by atomic mass is 10.1. The summed E-state index contributed by atoms with van der Waals surface area (Å²) in [6.07, 6.45) is -0.728. The van der Waals surface area contributed by atoms with Gasteiger partial charge in [-0.1, -0.05) is 6.07 Å². The van der Waals surface area contributed by atoms with E-state index in [9.17, 15) is 18.0 Å². The van der Waals surface area contributed by atoms with Gasteiger partial charge in [0.25, 0.3) is 15.9 Å². The maximum atomic E-state index is 12.1. The third-order valence-electron chi connectivity index (χ3n) is 2.90. The summed E-state index contributed by atoms with van der Waals surface area (Å²) in [6, 6.07) is 4.56. The van der Waals surface area contributed by atoms with E-state index in [0.717, 1.165) is 16.0 Å². The average Bonchev–Trinajstić information content (AvgIpc) is 2.39. The van der Waals surface area contributed by atoms with Crippen molar-refractivity contribution in [3.05, 3.63) is 29.3 Å². The van der Waals surface area contributed by atoms with Crippen molar-refractivity contribution in [1.82, 2.24) is 9.62 Å². The Hall–Kier alpha value is -2.09. The fraction of sp³-hybridized carbons (Fsp3) is 0.385. The highest BCUT2D eigenvalue weighted by atomic mass is 32.2. The van der Waals surface area contributed by atoms with Crippen molar-refractivity contribution < 1.29 is 22.7 Å². The molecule has 1 N–H and O–H groups in total. The second-order valence-corrected chi connectivity index (χ2v) is 6.28. The lowest BCUT2D eigenvalue weighted by Gasteiger charge is -2.15. The quantitative estimate of drug-likeness (QED) is 0.887. The number of aryl methyl sites for hydroxylation is 2. The molecular weight excluding hydrogens is 296 g/mol. The van der Waals surface area contributed by atoms with Gasteiger partial charge in [0.2, 0.25) is 0 Å². The molecule has 0 aromatic heterocycles. The van der Waals surface area contributed by atoms with Crippen LogP contribution in [0, 0.1) is 13.8 Å². The zero-order valence-electron chi connectivity index (χ0n) is 12.3. The first-order chi connectivity index (χ1) is 9.67. The van der Waals surface area contributed by atoms with E-state index >= 15 is 0 Å². The van der Waals surface area contributed by atoms with Gasteiger partial charge in [0.15, 0.2) is 0 Å². The number of amides is 2. The fourth-order valence-electron chi connectivity index (χ4n) is 1.56. The van der Waals surface area contributed by atoms with Gasteiger partial charge < -0.3 is 9.64 Å². The van der Waals surface area contributed by atoms with Crippen LogP contribution in [0.3, 0.4) is 0 Å². The van der Waals surface area contributed by atoms with E-state index in [1.807, 2.05) is 11.6 Å². The number of methoxy groups -OCH3 is 1. The molecule has 0 saturated carbocycles. The van der Waals surface area contributed by atoms with E-state index in [-0.39, 0.29) is 4.90 Å². The molecule has 1 rings (SSSR count). The minimum atomic E-state index is -3.96. The number of sulfonamides is 1. The van der Waals surface area contributed by atoms with Crippen LogP contribution < -0.4 is 4.72 Å². The van der Waals surface area contributed by atoms with Crippen LogP contribution in [0.4, 0.5) is 4.79 Å². The zero-order valence-corrected chi connectivity index (χ0v) is 13.2. The third kappa shape index (κ3) is 4.45. The molecule has 2 amide bonds. The number of nitrogens with zero attached hydrogens (tertiary/aromatic N) is 1. The molecule has 0 aliphatic carbocycles. The summed E-state index contributed by atoms with van der Waals surface area (Å²) in [5.74, 6) is -0.818. The molecule has 0 aliphatic rings. The van der Waals surface area contributed by atoms with Crippen LogP contribution >= 0.6 is 0 Å². The zero-order chi connectivity index (χ0) is 16.2. The van der Waals surface area contributed by atoms with E-state index in [4.69, 9.17) is 0 Å². The van der Waals surface area contributed by atoms with Gasteiger partial charge in [-0.15, -0.1) is 0 Å². The Bertz CT molecular complexity index is 655. The summed E-state index contributed by atoms with van der Waals surface area (Å²) < 4.78 is 30.4. The van der Waals surface area contributed by atoms with Crippen LogP contribution in [0.2, 0.25) is 0 Å². The van der Waals surface area contributed by atoms with Crippen molar-refractivity contribution in [2.24, 2.45) is 0 Å². The first kappa shape index (κ1) is 17.0. The number of likely N-dealkylation sites (N-methyl/N-ethyl adjacent to an activating group) is 1. The van der Waals surface area contributed by atoms with Crippen molar-refractivity contribution in [3.8, 4) is 0 Å². The number of carbonyl (C=O) groups excluding carboxylic acids is 2. The van der Waals surface area contributed by atoms with Gasteiger partial charge in [-0.25, -0.2) is 17.9 Å². The van der Waals surface area contributed by atoms with Crippen molar-refractivity contribution in [2.75, 3.05) is 20.7 Å². The normalized spacial score (nSPS) is 10.9. The largest absolute Gasteiger partial charge is 0.453 e. The number of hydrogen-bond acceptors (Lipinski definition) is 5. The molecule has 0 atom stereocenters. The Kier molecular flexibility index (Phi) is 5.31. The van der Waals surface area contributed by atoms with Gasteiger partial charge >= 0.3 is 6.09 Å². The standard InChI is InChI=1S/C13H18N2O5S/c1-9-5-6-11(7-10(9)2)21(18,19)14-12(16)8-15(3)13(17)20-4/h5-7H,8H2,1-4H3,(H,14,16). The molecule has 0 fully saturated rings. The SMILES string of the molecule is COC(=O)N(C)CC(=O)NS(=O)(=O)c1ccc(C)c(C)c1. The predicted molar refractivity (Wildman–Crippen MR) is 76.3 cm³/mol. The molecule has 0 radical (unpaired) electrons. The molecule has 0 bridgehead atoms. The van der Waals surface area contributed by atoms with Crippen LogP contribution in [0.1, 0.15) is 11.1 Å². The van der Waals surface area contributed by atoms with Gasteiger partial charge in [0.1, 0.15) is 6.54 Å². The Balaban J connectivity index is 2.83. The molecule has 116 valence electrons. The molecule has 0 spiro atoms. The monoisotopic (exact) mass is 314 g/mol. The summed E-state index contributed by atoms with van der Waals surface area (Å²) in [5, 5.41) is 0. The molecule has 0 aliphatic heterocycles. The summed E-state index contributed by atoms with van der Waals surface area (Å²) in [6.45, 7) is 3.22. The molecular formula is C13H18N2O5S. The van der Waals surface area contributed by atoms with E-state index in [1.54, 1.807) is 13.0 Å². The van der Waals surface area contributed by atoms with Crippen molar-refractivity contribution in [3.63, 3.8) is 0 Å². The number of benzene rings is 1. The predicted octanol–water partition coefficient (Wildman–Crippen LogP) is 0.807. The molecule has 1 aromatic carbocycles. The van der Waals surface area contributed by atoms with E-state index in [2.05, 4.69) is 4.74 Å². The van der Waals surface area contributed by atoms with Crippen LogP contribution in [0.5, 0.6) is 0 Å². The first-order valence-electron chi connectivity index (χ1n) is 6.09. The highest BCUT2D eigenvalue weighted by Crippen LogP contribution is 2.14. The van der Waals surface area contributed by atoms with Crippen molar-refractivity contribution >= 4 is 22.0 Å². The maximum absolute atomic E-state index is 12.1. The topological polar surface area (TPSA) is 92.8 Å². The summed E-state index contributed by atoms with van der Waals surface area (Å²) in [5.41, 5.74) is 1.75. The molecule has 1 aromatic rings. The van der Waals surface area contributed by atoms with Crippen LogP contribution in [-0.2, 0) is 19.6 Å². The first-order valence-corrected chi connectivity index (χ1v) is 7.57. The van der Waals surface area contributed by atoms with Crippen LogP contribution in [0.15, 0.2) is 23.1 Å². The molecule has 21 heavy (non-hydrogen) atoms. The number of carbonyl (C=O) groups is 2. The number of hydrogen-bond donors (Lipinski definition) is 1. The van der Waals surface area contributed by atoms with E-state index < -0.39 is 28.6 Å². The molecule has 0 saturated heterocycles. The lowest BCUT2D eigenvalue weighted by Crippen LogP contribution is -2.40. The molecule has 7 nitrogen and oxygen atoms in total. The summed E-state index contributed by atoms with van der Waals surface area (Å²) in [7, 11) is -1.46. The van der Waals surface area contributed by atoms with Crippen molar-refractivity contribution in [1.29, 1.82) is 0 Å². The summed E-state index contributed by atoms with van der Waals surface area (Å²) in [4.78, 5) is 23.8. The third-order valence-corrected chi connectivity index (χ3v) is 4.27. The lowest BCUT2D eigenvalue weighted by molar-refractivity contribution is -0.119. The molecule has 0 unspecified atom stereocenters. The second-order valence-electron chi connectivity index (χ2n) is 4.60. The minimum absolute atomic E-state index is 0.000305. The van der Waals surface area contributed by atoms with Crippen molar-refractivity contribution in [2.45, 2.75) is 18.7 Å². The van der Waals surface area contributed by atoms with Crippen LogP contribution in [0.25, 0.3) is 0 Å². The van der Waals surface area contributed by atoms with Gasteiger partial charge in [-0.3, -0.25) is 4.79 Å². The Labute approximate surface area is 123 Å². The van der Waals surface area contributed by atoms with Gasteiger partial charge in [-0.2, -0.15) is 0 Å². The fourth-order valence-corrected chi connectivity index (χ4v) is 2.62. The smallest absolute Gasteiger partial charge is 0.409 e. The van der Waals surface area contributed by atoms with Gasteiger partial charge in [-0.05, 0) is 37.1 Å². The van der Waals surface area contributed by atoms with E-state index in [0.29, 0.717) is 0 Å². The highest BCUT2D eigenvalue weighted by molar-refractivity contribution is 7.90. The number of ether oxygens (including phenoxy) is 1. The van der Waals surface area contributed by atoms with Gasteiger partial charge in [0, 0.05) is 7.05 Å². The Morgan fingerprint density at radius 1 is 1.24 bits per heavy atom. The maximum Gasteiger partial charge on any atom is 0.409 e. The highest BCUT2D eigenvalue weighted by Gasteiger charge is 2.20.